The lowest BCUT2D eigenvalue weighted by Gasteiger charge is -2.32. The minimum absolute atomic E-state index is 0.00810. The number of hydrogen-bond donors (Lipinski definition) is 3. The van der Waals surface area contributed by atoms with Crippen molar-refractivity contribution < 1.29 is 22.8 Å². The molecule has 3 atom stereocenters. The fourth-order valence-electron chi connectivity index (χ4n) is 4.64. The van der Waals surface area contributed by atoms with Crippen LogP contribution >= 0.6 is 11.6 Å². The van der Waals surface area contributed by atoms with Gasteiger partial charge < -0.3 is 16.4 Å². The maximum Gasteiger partial charge on any atom is 0.338 e. The van der Waals surface area contributed by atoms with Crippen LogP contribution in [0.2, 0.25) is 5.02 Å². The van der Waals surface area contributed by atoms with Crippen molar-refractivity contribution in [2.24, 2.45) is 16.9 Å². The third kappa shape index (κ3) is 6.91. The van der Waals surface area contributed by atoms with Gasteiger partial charge in [-0.1, -0.05) is 43.6 Å². The summed E-state index contributed by atoms with van der Waals surface area (Å²) in [4.78, 5) is 52.6. The number of likely N-dealkylation sites (tertiary alicyclic amines) is 1. The number of carbonyl (C=O) groups is 3. The van der Waals surface area contributed by atoms with E-state index < -0.39 is 45.9 Å². The lowest BCUT2D eigenvalue weighted by molar-refractivity contribution is -0.140. The maximum atomic E-state index is 13.9. The fraction of sp³-hybridized carbons (Fsp3) is 0.400. The largest absolute Gasteiger partial charge is 0.398 e. The molecule has 14 heteroatoms. The van der Waals surface area contributed by atoms with E-state index in [1.165, 1.54) is 35.2 Å². The van der Waals surface area contributed by atoms with Crippen molar-refractivity contribution in [3.8, 4) is 0 Å². The van der Waals surface area contributed by atoms with Crippen molar-refractivity contribution in [2.45, 2.75) is 56.1 Å². The number of urea groups is 1. The number of Topliss-reactive ketones (excluding diaryl/α,β-unsaturated/α-hetero) is 1. The Morgan fingerprint density at radius 2 is 1.85 bits per heavy atom. The predicted molar refractivity (Wildman–Crippen MR) is 146 cm³/mol. The second kappa shape index (κ2) is 12.5. The zero-order valence-corrected chi connectivity index (χ0v) is 23.1. The molecule has 0 saturated carbocycles. The van der Waals surface area contributed by atoms with Crippen molar-refractivity contribution in [2.75, 3.05) is 12.3 Å². The van der Waals surface area contributed by atoms with Crippen molar-refractivity contribution in [3.63, 3.8) is 0 Å². The molecule has 0 aliphatic carbocycles. The van der Waals surface area contributed by atoms with Crippen molar-refractivity contribution in [1.82, 2.24) is 14.6 Å². The number of ketones is 1. The lowest BCUT2D eigenvalue weighted by Crippen LogP contribution is -2.53. The van der Waals surface area contributed by atoms with Gasteiger partial charge in [-0.2, -0.15) is 9.73 Å². The fourth-order valence-corrected chi connectivity index (χ4v) is 6.04. The number of primary amides is 1. The summed E-state index contributed by atoms with van der Waals surface area (Å²) in [5.41, 5.74) is 11.5. The number of nitroso groups, excluding NO2 is 1. The number of hydrogen-bond acceptors (Lipinski definition) is 8. The van der Waals surface area contributed by atoms with Gasteiger partial charge in [0.2, 0.25) is 15.9 Å². The third-order valence-corrected chi connectivity index (χ3v) is 8.11. The molecule has 3 rings (SSSR count). The van der Waals surface area contributed by atoms with E-state index in [0.29, 0.717) is 6.42 Å². The average Bonchev–Trinajstić information content (AvgIpc) is 3.37. The van der Waals surface area contributed by atoms with Crippen LogP contribution in [0.3, 0.4) is 0 Å². The van der Waals surface area contributed by atoms with Crippen LogP contribution in [0, 0.1) is 10.8 Å². The first kappa shape index (κ1) is 30.0. The molecule has 0 aromatic heterocycles. The monoisotopic (exact) mass is 578 g/mol. The van der Waals surface area contributed by atoms with E-state index in [0.717, 1.165) is 0 Å². The van der Waals surface area contributed by atoms with Gasteiger partial charge in [0.1, 0.15) is 12.1 Å². The van der Waals surface area contributed by atoms with Crippen LogP contribution in [0.4, 0.5) is 10.5 Å². The molecule has 1 aliphatic heterocycles. The Bertz CT molecular complexity index is 1340. The number of nitrogens with two attached hydrogens (primary N) is 2. The molecule has 0 spiro atoms. The van der Waals surface area contributed by atoms with Crippen molar-refractivity contribution >= 4 is 45.0 Å². The summed E-state index contributed by atoms with van der Waals surface area (Å²) in [6.45, 7) is 3.82. The second-order valence-corrected chi connectivity index (χ2v) is 11.8. The molecule has 1 fully saturated rings. The Kier molecular flexibility index (Phi) is 9.64. The van der Waals surface area contributed by atoms with Crippen LogP contribution in [-0.2, 0) is 19.6 Å². The summed E-state index contributed by atoms with van der Waals surface area (Å²) in [6, 6.07) is 6.57. The number of nitrogens with one attached hydrogen (secondary N) is 1. The molecule has 12 nitrogen and oxygen atoms in total. The molecule has 1 saturated heterocycles. The van der Waals surface area contributed by atoms with Gasteiger partial charge in [-0.25, -0.2) is 13.2 Å². The van der Waals surface area contributed by atoms with Gasteiger partial charge in [0.05, 0.1) is 16.2 Å². The van der Waals surface area contributed by atoms with E-state index in [-0.39, 0.29) is 51.5 Å². The standard InChI is InChI=1S/C25H31ClN6O6S/c1-15(2)13-20(29-39(37,38)17-7-4-3-5-8-17)24(34)31-12-6-9-21(31)23(33)22(32(30-36)25(28)35)18-14-16(26)10-11-19(18)27/h3-5,7-8,10-11,14-15,20-22,29H,6,9,12-13,27H2,1-2H3,(H2,28,35)/t20-,21+,22?/m1/s1. The average molecular weight is 579 g/mol. The van der Waals surface area contributed by atoms with Gasteiger partial charge in [-0.15, -0.1) is 4.91 Å². The predicted octanol–water partition coefficient (Wildman–Crippen LogP) is 2.98. The van der Waals surface area contributed by atoms with E-state index >= 15 is 0 Å². The molecule has 39 heavy (non-hydrogen) atoms. The second-order valence-electron chi connectivity index (χ2n) is 9.65. The van der Waals surface area contributed by atoms with E-state index in [1.54, 1.807) is 18.2 Å². The number of carbonyl (C=O) groups excluding carboxylic acids is 3. The summed E-state index contributed by atoms with van der Waals surface area (Å²) in [5, 5.41) is 3.09. The van der Waals surface area contributed by atoms with Gasteiger partial charge in [-0.3, -0.25) is 9.59 Å². The molecular formula is C25H31ClN6O6S. The van der Waals surface area contributed by atoms with Crippen molar-refractivity contribution in [3.05, 3.63) is 64.0 Å². The van der Waals surface area contributed by atoms with Crippen LogP contribution in [0.1, 0.15) is 44.7 Å². The molecule has 210 valence electrons. The highest BCUT2D eigenvalue weighted by Gasteiger charge is 2.44. The minimum atomic E-state index is -4.06. The van der Waals surface area contributed by atoms with Gasteiger partial charge in [0, 0.05) is 22.8 Å². The SMILES string of the molecule is CC(C)C[C@@H](NS(=O)(=O)c1ccccc1)C(=O)N1CCC[C@H]1C(=O)C(c1cc(Cl)ccc1N)N(N=O)C(N)=O. The molecular weight excluding hydrogens is 548 g/mol. The first-order valence-electron chi connectivity index (χ1n) is 12.3. The normalized spacial score (nSPS) is 17.0. The molecule has 1 unspecified atom stereocenters. The Balaban J connectivity index is 1.98. The summed E-state index contributed by atoms with van der Waals surface area (Å²) >= 11 is 6.09. The molecule has 0 radical (unpaired) electrons. The minimum Gasteiger partial charge on any atom is -0.398 e. The highest BCUT2D eigenvalue weighted by molar-refractivity contribution is 7.89. The van der Waals surface area contributed by atoms with Gasteiger partial charge >= 0.3 is 6.03 Å². The van der Waals surface area contributed by atoms with E-state index in [9.17, 15) is 27.7 Å². The van der Waals surface area contributed by atoms with Gasteiger partial charge in [0.25, 0.3) is 0 Å². The topological polar surface area (TPSA) is 185 Å². The number of sulfonamides is 1. The molecule has 1 aliphatic rings. The van der Waals surface area contributed by atoms with Crippen molar-refractivity contribution in [1.29, 1.82) is 0 Å². The van der Waals surface area contributed by atoms with Crippen LogP contribution in [0.5, 0.6) is 0 Å². The molecule has 3 amide bonds. The molecule has 5 N–H and O–H groups in total. The lowest BCUT2D eigenvalue weighted by atomic mass is 9.94. The molecule has 2 aromatic rings. The summed E-state index contributed by atoms with van der Waals surface area (Å²) in [5.74, 6) is -1.42. The number of nitrogen functional groups attached to an aromatic ring is 1. The number of anilines is 1. The maximum absolute atomic E-state index is 13.9. The Labute approximate surface area is 231 Å². The number of rotatable bonds is 11. The first-order chi connectivity index (χ1) is 18.4. The van der Waals surface area contributed by atoms with Crippen LogP contribution in [0.15, 0.2) is 58.7 Å². The number of nitrogens with zero attached hydrogens (tertiary/aromatic N) is 3. The highest BCUT2D eigenvalue weighted by atomic mass is 35.5. The number of halogens is 1. The van der Waals surface area contributed by atoms with Crippen LogP contribution in [-0.4, -0.2) is 54.7 Å². The Morgan fingerprint density at radius 3 is 2.44 bits per heavy atom. The molecule has 1 heterocycles. The first-order valence-corrected chi connectivity index (χ1v) is 14.1. The summed E-state index contributed by atoms with van der Waals surface area (Å²) in [7, 11) is -4.06. The summed E-state index contributed by atoms with van der Waals surface area (Å²) < 4.78 is 28.6. The van der Waals surface area contributed by atoms with Crippen LogP contribution < -0.4 is 16.2 Å². The van der Waals surface area contributed by atoms with Crippen LogP contribution in [0.25, 0.3) is 0 Å². The quantitative estimate of drug-likeness (QED) is 0.208. The molecule has 2 aromatic carbocycles. The van der Waals surface area contributed by atoms with Gasteiger partial charge in [0.15, 0.2) is 5.78 Å². The van der Waals surface area contributed by atoms with E-state index in [4.69, 9.17) is 23.1 Å². The smallest absolute Gasteiger partial charge is 0.338 e. The van der Waals surface area contributed by atoms with Gasteiger partial charge in [-0.05, 0) is 55.5 Å². The highest BCUT2D eigenvalue weighted by Crippen LogP contribution is 2.34. The third-order valence-electron chi connectivity index (χ3n) is 6.39. The number of amides is 3. The summed E-state index contributed by atoms with van der Waals surface area (Å²) in [6.07, 6.45) is 0.786. The number of benzene rings is 2. The zero-order chi connectivity index (χ0) is 28.9. The van der Waals surface area contributed by atoms with E-state index in [1.807, 2.05) is 13.8 Å². The Morgan fingerprint density at radius 1 is 1.18 bits per heavy atom. The Hall–Kier alpha value is -3.55. The molecule has 0 bridgehead atoms. The zero-order valence-electron chi connectivity index (χ0n) is 21.5. The van der Waals surface area contributed by atoms with E-state index in [2.05, 4.69) is 10.0 Å².